The fraction of sp³-hybridized carbons (Fsp3) is 0.214. The highest BCUT2D eigenvalue weighted by atomic mass is 16.5. The van der Waals surface area contributed by atoms with Crippen LogP contribution in [0.5, 0.6) is 5.75 Å². The molecular formula is C14H16N2O4. The summed E-state index contributed by atoms with van der Waals surface area (Å²) in [4.78, 5) is 34.0. The number of ether oxygens (including phenoxy) is 1. The maximum absolute atomic E-state index is 11.5. The topological polar surface area (TPSA) is 84.5 Å². The number of para-hydroxylation sites is 1. The van der Waals surface area contributed by atoms with Crippen LogP contribution in [0.1, 0.15) is 17.3 Å². The van der Waals surface area contributed by atoms with Crippen LogP contribution >= 0.6 is 0 Å². The van der Waals surface area contributed by atoms with Crippen LogP contribution in [-0.2, 0) is 4.79 Å². The highest BCUT2D eigenvalue weighted by Gasteiger charge is 2.11. The first-order chi connectivity index (χ1) is 9.54. The van der Waals surface area contributed by atoms with Gasteiger partial charge >= 0.3 is 6.03 Å². The average Bonchev–Trinajstić information content (AvgIpc) is 2.43. The van der Waals surface area contributed by atoms with Gasteiger partial charge in [0.2, 0.25) is 0 Å². The van der Waals surface area contributed by atoms with Crippen molar-refractivity contribution in [2.75, 3.05) is 13.2 Å². The van der Waals surface area contributed by atoms with Gasteiger partial charge in [-0.05, 0) is 19.1 Å². The molecule has 0 aliphatic rings. The molecule has 1 aromatic carbocycles. The molecule has 0 spiro atoms. The van der Waals surface area contributed by atoms with E-state index >= 15 is 0 Å². The number of hydrogen-bond acceptors (Lipinski definition) is 4. The molecule has 1 rings (SSSR count). The molecule has 3 amide bonds. The van der Waals surface area contributed by atoms with E-state index in [0.717, 1.165) is 0 Å². The third kappa shape index (κ3) is 4.93. The van der Waals surface area contributed by atoms with Crippen molar-refractivity contribution in [1.82, 2.24) is 10.6 Å². The second-order valence-corrected chi connectivity index (χ2v) is 3.89. The minimum atomic E-state index is -0.627. The predicted molar refractivity (Wildman–Crippen MR) is 73.7 cm³/mol. The monoisotopic (exact) mass is 276 g/mol. The van der Waals surface area contributed by atoms with Gasteiger partial charge < -0.3 is 10.1 Å². The second-order valence-electron chi connectivity index (χ2n) is 3.89. The average molecular weight is 276 g/mol. The number of rotatable bonds is 6. The molecule has 0 saturated heterocycles. The lowest BCUT2D eigenvalue weighted by atomic mass is 10.1. The third-order valence-corrected chi connectivity index (χ3v) is 2.29. The number of imide groups is 1. The van der Waals surface area contributed by atoms with Gasteiger partial charge in [0, 0.05) is 6.54 Å². The standard InChI is InChI=1S/C14H16N2O4/c1-3-8-15-14(19)16-13(18)9-20-12-7-5-4-6-11(12)10(2)17/h3-7H,1,8-9H2,2H3,(H2,15,16,18,19). The summed E-state index contributed by atoms with van der Waals surface area (Å²) in [6, 6.07) is 5.95. The van der Waals surface area contributed by atoms with E-state index in [9.17, 15) is 14.4 Å². The van der Waals surface area contributed by atoms with E-state index in [1.807, 2.05) is 0 Å². The Labute approximate surface area is 116 Å². The second kappa shape index (κ2) is 7.73. The van der Waals surface area contributed by atoms with Gasteiger partial charge in [-0.15, -0.1) is 6.58 Å². The Balaban J connectivity index is 2.51. The number of amides is 3. The Morgan fingerprint density at radius 2 is 2.00 bits per heavy atom. The summed E-state index contributed by atoms with van der Waals surface area (Å²) < 4.78 is 5.23. The van der Waals surface area contributed by atoms with E-state index in [-0.39, 0.29) is 18.9 Å². The van der Waals surface area contributed by atoms with Crippen LogP contribution in [0, 0.1) is 0 Å². The summed E-state index contributed by atoms with van der Waals surface area (Å²) in [6.45, 7) is 4.74. The van der Waals surface area contributed by atoms with Gasteiger partial charge in [-0.3, -0.25) is 14.9 Å². The van der Waals surface area contributed by atoms with E-state index in [4.69, 9.17) is 4.74 Å². The number of carbonyl (C=O) groups is 3. The summed E-state index contributed by atoms with van der Waals surface area (Å²) in [5.41, 5.74) is 0.386. The fourth-order valence-corrected chi connectivity index (χ4v) is 1.40. The molecular weight excluding hydrogens is 260 g/mol. The molecule has 0 radical (unpaired) electrons. The number of Topliss-reactive ketones (excluding diaryl/α,β-unsaturated/α-hetero) is 1. The Bertz CT molecular complexity index is 526. The molecule has 6 heteroatoms. The van der Waals surface area contributed by atoms with E-state index < -0.39 is 11.9 Å². The van der Waals surface area contributed by atoms with Crippen LogP contribution in [0.25, 0.3) is 0 Å². The van der Waals surface area contributed by atoms with Crippen molar-refractivity contribution in [1.29, 1.82) is 0 Å². The van der Waals surface area contributed by atoms with Crippen LogP contribution in [0.2, 0.25) is 0 Å². The summed E-state index contributed by atoms with van der Waals surface area (Å²) >= 11 is 0. The molecule has 2 N–H and O–H groups in total. The summed E-state index contributed by atoms with van der Waals surface area (Å²) in [5, 5.41) is 4.48. The number of urea groups is 1. The molecule has 106 valence electrons. The van der Waals surface area contributed by atoms with Gasteiger partial charge in [-0.25, -0.2) is 4.79 Å². The van der Waals surface area contributed by atoms with E-state index in [2.05, 4.69) is 17.2 Å². The minimum absolute atomic E-state index is 0.162. The summed E-state index contributed by atoms with van der Waals surface area (Å²) in [6.07, 6.45) is 1.49. The maximum atomic E-state index is 11.5. The normalized spacial score (nSPS) is 9.45. The number of benzene rings is 1. The molecule has 20 heavy (non-hydrogen) atoms. The largest absolute Gasteiger partial charge is 0.483 e. The molecule has 6 nitrogen and oxygen atoms in total. The van der Waals surface area contributed by atoms with E-state index in [1.165, 1.54) is 13.0 Å². The van der Waals surface area contributed by atoms with E-state index in [1.54, 1.807) is 24.3 Å². The van der Waals surface area contributed by atoms with Crippen LogP contribution < -0.4 is 15.4 Å². The number of hydrogen-bond donors (Lipinski definition) is 2. The smallest absolute Gasteiger partial charge is 0.321 e. The Hall–Kier alpha value is -2.63. The predicted octanol–water partition coefficient (Wildman–Crippen LogP) is 1.28. The van der Waals surface area contributed by atoms with Crippen LogP contribution in [0.4, 0.5) is 4.79 Å². The lowest BCUT2D eigenvalue weighted by Crippen LogP contribution is -2.41. The van der Waals surface area contributed by atoms with Crippen LogP contribution in [-0.4, -0.2) is 30.9 Å². The molecule has 0 heterocycles. The van der Waals surface area contributed by atoms with Gasteiger partial charge in [0.1, 0.15) is 5.75 Å². The van der Waals surface area contributed by atoms with Crippen LogP contribution in [0.15, 0.2) is 36.9 Å². The SMILES string of the molecule is C=CCNC(=O)NC(=O)COc1ccccc1C(C)=O. The Kier molecular flexibility index (Phi) is 5.96. The third-order valence-electron chi connectivity index (χ3n) is 2.29. The zero-order valence-electron chi connectivity index (χ0n) is 11.1. The first kappa shape index (κ1) is 15.4. The van der Waals surface area contributed by atoms with Crippen molar-refractivity contribution in [3.8, 4) is 5.75 Å². The molecule has 1 aromatic rings. The lowest BCUT2D eigenvalue weighted by molar-refractivity contribution is -0.122. The Morgan fingerprint density at radius 3 is 2.65 bits per heavy atom. The molecule has 0 aromatic heterocycles. The lowest BCUT2D eigenvalue weighted by Gasteiger charge is -2.09. The first-order valence-corrected chi connectivity index (χ1v) is 5.96. The quantitative estimate of drug-likeness (QED) is 0.605. The number of nitrogens with one attached hydrogen (secondary N) is 2. The van der Waals surface area contributed by atoms with Gasteiger partial charge in [0.25, 0.3) is 5.91 Å². The molecule has 0 bridgehead atoms. The van der Waals surface area contributed by atoms with Crippen molar-refractivity contribution in [2.45, 2.75) is 6.92 Å². The molecule has 0 unspecified atom stereocenters. The van der Waals surface area contributed by atoms with Crippen molar-refractivity contribution in [3.63, 3.8) is 0 Å². The van der Waals surface area contributed by atoms with Crippen LogP contribution in [0.3, 0.4) is 0 Å². The summed E-state index contributed by atoms with van der Waals surface area (Å²) in [5.74, 6) is -0.462. The minimum Gasteiger partial charge on any atom is -0.483 e. The van der Waals surface area contributed by atoms with Crippen molar-refractivity contribution in [2.24, 2.45) is 0 Å². The van der Waals surface area contributed by atoms with Gasteiger partial charge in [0.15, 0.2) is 12.4 Å². The molecule has 0 saturated carbocycles. The van der Waals surface area contributed by atoms with E-state index in [0.29, 0.717) is 11.3 Å². The fourth-order valence-electron chi connectivity index (χ4n) is 1.40. The van der Waals surface area contributed by atoms with Gasteiger partial charge in [0.05, 0.1) is 5.56 Å². The van der Waals surface area contributed by atoms with Gasteiger partial charge in [-0.2, -0.15) is 0 Å². The molecule has 0 aliphatic heterocycles. The highest BCUT2D eigenvalue weighted by Crippen LogP contribution is 2.17. The zero-order chi connectivity index (χ0) is 15.0. The van der Waals surface area contributed by atoms with Crippen molar-refractivity contribution < 1.29 is 19.1 Å². The zero-order valence-corrected chi connectivity index (χ0v) is 11.1. The highest BCUT2D eigenvalue weighted by molar-refractivity contribution is 5.97. The number of carbonyl (C=O) groups excluding carboxylic acids is 3. The molecule has 0 atom stereocenters. The maximum Gasteiger partial charge on any atom is 0.321 e. The molecule has 0 aliphatic carbocycles. The molecule has 0 fully saturated rings. The first-order valence-electron chi connectivity index (χ1n) is 5.96. The van der Waals surface area contributed by atoms with Crippen molar-refractivity contribution >= 4 is 17.7 Å². The van der Waals surface area contributed by atoms with Crippen molar-refractivity contribution in [3.05, 3.63) is 42.5 Å². The Morgan fingerprint density at radius 1 is 1.30 bits per heavy atom. The number of ketones is 1. The van der Waals surface area contributed by atoms with Gasteiger partial charge in [-0.1, -0.05) is 18.2 Å². The summed E-state index contributed by atoms with van der Waals surface area (Å²) in [7, 11) is 0.